The van der Waals surface area contributed by atoms with E-state index in [1.54, 1.807) is 0 Å². The largest absolute Gasteiger partial charge is 0.308 e. The molecular formula is C20H26N2. The molecule has 1 aliphatic heterocycles. The Labute approximate surface area is 134 Å². The molecule has 1 N–H and O–H groups in total. The minimum Gasteiger partial charge on any atom is -0.308 e. The number of piperazine rings is 1. The van der Waals surface area contributed by atoms with E-state index in [9.17, 15) is 0 Å². The predicted octanol–water partition coefficient (Wildman–Crippen LogP) is 3.48. The average Bonchev–Trinajstić information content (AvgIpc) is 2.57. The molecule has 2 nitrogen and oxygen atoms in total. The van der Waals surface area contributed by atoms with Crippen molar-refractivity contribution >= 4 is 0 Å². The van der Waals surface area contributed by atoms with Crippen LogP contribution in [0.25, 0.3) is 0 Å². The topological polar surface area (TPSA) is 15.3 Å². The van der Waals surface area contributed by atoms with Gasteiger partial charge in [0.15, 0.2) is 0 Å². The molecule has 1 saturated heterocycles. The standard InChI is InChI=1S/C20H26N2/c1-2-20(15-18-9-5-3-6-10-18)17-22(14-13-21-20)16-19-11-7-4-8-12-19/h3-12,21H,2,13-17H2,1H3/t20-/m1/s1. The lowest BCUT2D eigenvalue weighted by Gasteiger charge is -2.44. The molecule has 0 spiro atoms. The highest BCUT2D eigenvalue weighted by Gasteiger charge is 2.33. The summed E-state index contributed by atoms with van der Waals surface area (Å²) < 4.78 is 0. The average molecular weight is 294 g/mol. The number of hydrogen-bond acceptors (Lipinski definition) is 2. The van der Waals surface area contributed by atoms with Gasteiger partial charge in [0.05, 0.1) is 0 Å². The maximum absolute atomic E-state index is 3.80. The maximum Gasteiger partial charge on any atom is 0.0347 e. The highest BCUT2D eigenvalue weighted by molar-refractivity contribution is 5.19. The van der Waals surface area contributed by atoms with Crippen molar-refractivity contribution in [1.82, 2.24) is 10.2 Å². The van der Waals surface area contributed by atoms with Crippen molar-refractivity contribution in [2.24, 2.45) is 0 Å². The van der Waals surface area contributed by atoms with E-state index in [2.05, 4.69) is 77.8 Å². The van der Waals surface area contributed by atoms with Gasteiger partial charge in [-0.3, -0.25) is 4.90 Å². The third-order valence-electron chi connectivity index (χ3n) is 4.77. The number of benzene rings is 2. The fourth-order valence-corrected chi connectivity index (χ4v) is 3.49. The Bertz CT molecular complexity index is 567. The molecule has 1 aliphatic rings. The Morgan fingerprint density at radius 3 is 2.23 bits per heavy atom. The molecular weight excluding hydrogens is 268 g/mol. The van der Waals surface area contributed by atoms with Crippen molar-refractivity contribution < 1.29 is 0 Å². The van der Waals surface area contributed by atoms with Gasteiger partial charge in [-0.05, 0) is 24.0 Å². The van der Waals surface area contributed by atoms with Gasteiger partial charge in [-0.15, -0.1) is 0 Å². The van der Waals surface area contributed by atoms with Crippen LogP contribution in [0.1, 0.15) is 24.5 Å². The van der Waals surface area contributed by atoms with E-state index in [1.165, 1.54) is 11.1 Å². The van der Waals surface area contributed by atoms with Crippen molar-refractivity contribution in [3.8, 4) is 0 Å². The minimum absolute atomic E-state index is 0.203. The smallest absolute Gasteiger partial charge is 0.0347 e. The summed E-state index contributed by atoms with van der Waals surface area (Å²) in [5, 5.41) is 3.80. The van der Waals surface area contributed by atoms with Crippen LogP contribution in [0.15, 0.2) is 60.7 Å². The summed E-state index contributed by atoms with van der Waals surface area (Å²) >= 11 is 0. The molecule has 1 fully saturated rings. The second-order valence-electron chi connectivity index (χ2n) is 6.42. The zero-order chi connectivity index (χ0) is 15.3. The highest BCUT2D eigenvalue weighted by atomic mass is 15.2. The fraction of sp³-hybridized carbons (Fsp3) is 0.400. The van der Waals surface area contributed by atoms with Gasteiger partial charge in [0.25, 0.3) is 0 Å². The van der Waals surface area contributed by atoms with Crippen LogP contribution in [0.4, 0.5) is 0 Å². The van der Waals surface area contributed by atoms with Crippen LogP contribution in [0.2, 0.25) is 0 Å². The van der Waals surface area contributed by atoms with Crippen molar-refractivity contribution in [2.45, 2.75) is 31.8 Å². The van der Waals surface area contributed by atoms with Gasteiger partial charge in [0, 0.05) is 31.7 Å². The van der Waals surface area contributed by atoms with Gasteiger partial charge in [-0.25, -0.2) is 0 Å². The number of nitrogens with one attached hydrogen (secondary N) is 1. The van der Waals surface area contributed by atoms with E-state index in [4.69, 9.17) is 0 Å². The summed E-state index contributed by atoms with van der Waals surface area (Å²) in [6, 6.07) is 21.7. The number of nitrogens with zero attached hydrogens (tertiary/aromatic N) is 1. The molecule has 2 heteroatoms. The first kappa shape index (κ1) is 15.3. The summed E-state index contributed by atoms with van der Waals surface area (Å²) in [6.07, 6.45) is 2.27. The number of hydrogen-bond donors (Lipinski definition) is 1. The molecule has 0 unspecified atom stereocenters. The lowest BCUT2D eigenvalue weighted by molar-refractivity contribution is 0.121. The summed E-state index contributed by atoms with van der Waals surface area (Å²) in [4.78, 5) is 2.60. The second kappa shape index (κ2) is 7.08. The Morgan fingerprint density at radius 2 is 1.59 bits per heavy atom. The lowest BCUT2D eigenvalue weighted by atomic mass is 9.86. The van der Waals surface area contributed by atoms with Gasteiger partial charge in [0.1, 0.15) is 0 Å². The molecule has 0 aliphatic carbocycles. The van der Waals surface area contributed by atoms with E-state index in [0.29, 0.717) is 0 Å². The summed E-state index contributed by atoms with van der Waals surface area (Å²) in [5.41, 5.74) is 3.04. The Kier molecular flexibility index (Phi) is 4.91. The first-order chi connectivity index (χ1) is 10.8. The zero-order valence-corrected chi connectivity index (χ0v) is 13.5. The van der Waals surface area contributed by atoms with Crippen LogP contribution in [0.3, 0.4) is 0 Å². The normalized spacial score (nSPS) is 22.6. The first-order valence-electron chi connectivity index (χ1n) is 8.35. The molecule has 22 heavy (non-hydrogen) atoms. The third-order valence-corrected chi connectivity index (χ3v) is 4.77. The molecule has 2 aromatic rings. The van der Waals surface area contributed by atoms with Gasteiger partial charge in [-0.1, -0.05) is 67.6 Å². The van der Waals surface area contributed by atoms with Gasteiger partial charge >= 0.3 is 0 Å². The van der Waals surface area contributed by atoms with Crippen molar-refractivity contribution in [1.29, 1.82) is 0 Å². The predicted molar refractivity (Wildman–Crippen MR) is 92.9 cm³/mol. The Balaban J connectivity index is 1.69. The number of rotatable bonds is 5. The molecule has 0 radical (unpaired) electrons. The molecule has 0 saturated carbocycles. The molecule has 3 rings (SSSR count). The van der Waals surface area contributed by atoms with Crippen LogP contribution < -0.4 is 5.32 Å². The van der Waals surface area contributed by atoms with Crippen LogP contribution in [0, 0.1) is 0 Å². The zero-order valence-electron chi connectivity index (χ0n) is 13.5. The van der Waals surface area contributed by atoms with E-state index < -0.39 is 0 Å². The molecule has 116 valence electrons. The molecule has 1 heterocycles. The SMILES string of the molecule is CC[C@@]1(Cc2ccccc2)CN(Cc2ccccc2)CCN1. The van der Waals surface area contributed by atoms with Crippen LogP contribution in [-0.2, 0) is 13.0 Å². The fourth-order valence-electron chi connectivity index (χ4n) is 3.49. The maximum atomic E-state index is 3.80. The summed E-state index contributed by atoms with van der Waals surface area (Å²) in [6.45, 7) is 6.69. The lowest BCUT2D eigenvalue weighted by Crippen LogP contribution is -2.61. The van der Waals surface area contributed by atoms with Gasteiger partial charge in [0.2, 0.25) is 0 Å². The monoisotopic (exact) mass is 294 g/mol. The van der Waals surface area contributed by atoms with E-state index in [-0.39, 0.29) is 5.54 Å². The molecule has 0 bridgehead atoms. The van der Waals surface area contributed by atoms with Crippen molar-refractivity contribution in [3.05, 3.63) is 71.8 Å². The van der Waals surface area contributed by atoms with Crippen LogP contribution >= 0.6 is 0 Å². The first-order valence-corrected chi connectivity index (χ1v) is 8.35. The third kappa shape index (κ3) is 3.76. The van der Waals surface area contributed by atoms with E-state index in [0.717, 1.165) is 39.0 Å². The quantitative estimate of drug-likeness (QED) is 0.908. The van der Waals surface area contributed by atoms with Gasteiger partial charge < -0.3 is 5.32 Å². The van der Waals surface area contributed by atoms with E-state index in [1.807, 2.05) is 0 Å². The molecule has 2 aromatic carbocycles. The van der Waals surface area contributed by atoms with Crippen LogP contribution in [-0.4, -0.2) is 30.1 Å². The van der Waals surface area contributed by atoms with Crippen LogP contribution in [0.5, 0.6) is 0 Å². The minimum atomic E-state index is 0.203. The summed E-state index contributed by atoms with van der Waals surface area (Å²) in [7, 11) is 0. The summed E-state index contributed by atoms with van der Waals surface area (Å²) in [5.74, 6) is 0. The second-order valence-corrected chi connectivity index (χ2v) is 6.42. The Hall–Kier alpha value is -1.64. The molecule has 1 atom stereocenters. The Morgan fingerprint density at radius 1 is 0.955 bits per heavy atom. The molecule has 0 amide bonds. The van der Waals surface area contributed by atoms with Crippen molar-refractivity contribution in [2.75, 3.05) is 19.6 Å². The highest BCUT2D eigenvalue weighted by Crippen LogP contribution is 2.23. The van der Waals surface area contributed by atoms with Crippen molar-refractivity contribution in [3.63, 3.8) is 0 Å². The van der Waals surface area contributed by atoms with Gasteiger partial charge in [-0.2, -0.15) is 0 Å². The van der Waals surface area contributed by atoms with E-state index >= 15 is 0 Å². The molecule has 0 aromatic heterocycles.